The molecule has 2 aromatic carbocycles. The van der Waals surface area contributed by atoms with Crippen molar-refractivity contribution in [2.24, 2.45) is 5.92 Å². The van der Waals surface area contributed by atoms with Crippen molar-refractivity contribution < 1.29 is 19.1 Å². The van der Waals surface area contributed by atoms with E-state index in [1.807, 2.05) is 46.3 Å². The van der Waals surface area contributed by atoms with Gasteiger partial charge < -0.3 is 24.3 Å². The van der Waals surface area contributed by atoms with Crippen LogP contribution in [0, 0.1) is 5.92 Å². The standard InChI is InChI=1S/C30H37N3O4/c1-36-27-14-11-21(17-28(27)37-2)19-32(16-15-23-18-31-26-10-6-5-9-25(23)26)29(34)20-33(24-12-13-24)30(35)22-7-3-4-8-22/h5-6,9-11,14,17-18,22,24,31H,3-4,7-8,12-13,15-16,19-20H2,1-2H3. The zero-order valence-corrected chi connectivity index (χ0v) is 21.9. The van der Waals surface area contributed by atoms with Crippen molar-refractivity contribution in [3.8, 4) is 11.5 Å². The number of carbonyl (C=O) groups is 2. The van der Waals surface area contributed by atoms with Crippen molar-refractivity contribution in [3.63, 3.8) is 0 Å². The Hall–Kier alpha value is -3.48. The fourth-order valence-electron chi connectivity index (χ4n) is 5.51. The van der Waals surface area contributed by atoms with Crippen LogP contribution in [0.5, 0.6) is 11.5 Å². The molecule has 37 heavy (non-hydrogen) atoms. The van der Waals surface area contributed by atoms with Crippen LogP contribution >= 0.6 is 0 Å². The number of carbonyl (C=O) groups excluding carboxylic acids is 2. The number of para-hydroxylation sites is 1. The highest BCUT2D eigenvalue weighted by Crippen LogP contribution is 2.33. The molecule has 7 nitrogen and oxygen atoms in total. The van der Waals surface area contributed by atoms with E-state index in [0.29, 0.717) is 24.6 Å². The maximum Gasteiger partial charge on any atom is 0.242 e. The monoisotopic (exact) mass is 503 g/mol. The second-order valence-corrected chi connectivity index (χ2v) is 10.3. The molecular formula is C30H37N3O4. The van der Waals surface area contributed by atoms with Crippen LogP contribution in [0.1, 0.15) is 49.7 Å². The van der Waals surface area contributed by atoms with Gasteiger partial charge in [0.25, 0.3) is 0 Å². The van der Waals surface area contributed by atoms with Gasteiger partial charge in [-0.1, -0.05) is 37.1 Å². The second-order valence-electron chi connectivity index (χ2n) is 10.3. The lowest BCUT2D eigenvalue weighted by atomic mass is 10.1. The number of hydrogen-bond acceptors (Lipinski definition) is 4. The van der Waals surface area contributed by atoms with Gasteiger partial charge >= 0.3 is 0 Å². The third-order valence-electron chi connectivity index (χ3n) is 7.78. The molecule has 0 aliphatic heterocycles. The van der Waals surface area contributed by atoms with Crippen LogP contribution in [0.2, 0.25) is 0 Å². The molecule has 3 aromatic rings. The van der Waals surface area contributed by atoms with E-state index in [-0.39, 0.29) is 30.3 Å². The van der Waals surface area contributed by atoms with Gasteiger partial charge in [-0.15, -0.1) is 0 Å². The van der Waals surface area contributed by atoms with Crippen LogP contribution < -0.4 is 9.47 Å². The first kappa shape index (κ1) is 25.2. The number of H-pyrrole nitrogens is 1. The van der Waals surface area contributed by atoms with Crippen molar-refractivity contribution in [1.82, 2.24) is 14.8 Å². The molecule has 0 unspecified atom stereocenters. The van der Waals surface area contributed by atoms with Gasteiger partial charge in [-0.05, 0) is 61.4 Å². The molecule has 2 fully saturated rings. The fourth-order valence-corrected chi connectivity index (χ4v) is 5.51. The van der Waals surface area contributed by atoms with E-state index in [1.165, 1.54) is 10.9 Å². The Kier molecular flexibility index (Phi) is 7.68. The van der Waals surface area contributed by atoms with Gasteiger partial charge in [-0.2, -0.15) is 0 Å². The van der Waals surface area contributed by atoms with E-state index >= 15 is 0 Å². The fraction of sp³-hybridized carbons (Fsp3) is 0.467. The number of amides is 2. The van der Waals surface area contributed by atoms with Gasteiger partial charge in [0.1, 0.15) is 6.54 Å². The summed E-state index contributed by atoms with van der Waals surface area (Å²) >= 11 is 0. The van der Waals surface area contributed by atoms with Crippen LogP contribution in [0.15, 0.2) is 48.7 Å². The molecule has 2 amide bonds. The Balaban J connectivity index is 1.35. The summed E-state index contributed by atoms with van der Waals surface area (Å²) in [6.45, 7) is 1.16. The molecule has 1 aromatic heterocycles. The van der Waals surface area contributed by atoms with E-state index in [1.54, 1.807) is 14.2 Å². The number of rotatable bonds is 11. The number of fused-ring (bicyclic) bond motifs is 1. The molecule has 1 heterocycles. The average molecular weight is 504 g/mol. The minimum absolute atomic E-state index is 0.00660. The lowest BCUT2D eigenvalue weighted by molar-refractivity contribution is -0.143. The number of aromatic amines is 1. The Morgan fingerprint density at radius 2 is 1.73 bits per heavy atom. The van der Waals surface area contributed by atoms with Crippen LogP contribution in [0.3, 0.4) is 0 Å². The highest BCUT2D eigenvalue weighted by atomic mass is 16.5. The first-order valence-corrected chi connectivity index (χ1v) is 13.4. The Bertz CT molecular complexity index is 1240. The van der Waals surface area contributed by atoms with Gasteiger partial charge in [0.05, 0.1) is 14.2 Å². The van der Waals surface area contributed by atoms with E-state index in [2.05, 4.69) is 17.1 Å². The summed E-state index contributed by atoms with van der Waals surface area (Å²) in [5.41, 5.74) is 3.24. The first-order chi connectivity index (χ1) is 18.1. The quantitative estimate of drug-likeness (QED) is 0.402. The number of methoxy groups -OCH3 is 2. The number of nitrogens with zero attached hydrogens (tertiary/aromatic N) is 2. The molecule has 1 N–H and O–H groups in total. The second kappa shape index (κ2) is 11.3. The Morgan fingerprint density at radius 1 is 0.973 bits per heavy atom. The van der Waals surface area contributed by atoms with E-state index in [4.69, 9.17) is 9.47 Å². The smallest absolute Gasteiger partial charge is 0.242 e. The molecule has 0 atom stereocenters. The van der Waals surface area contributed by atoms with Crippen molar-refractivity contribution in [2.75, 3.05) is 27.3 Å². The Morgan fingerprint density at radius 3 is 2.46 bits per heavy atom. The van der Waals surface area contributed by atoms with Crippen molar-refractivity contribution in [1.29, 1.82) is 0 Å². The third-order valence-corrected chi connectivity index (χ3v) is 7.78. The summed E-state index contributed by atoms with van der Waals surface area (Å²) in [7, 11) is 3.23. The zero-order valence-electron chi connectivity index (χ0n) is 21.9. The van der Waals surface area contributed by atoms with Crippen LogP contribution in [-0.4, -0.2) is 59.9 Å². The van der Waals surface area contributed by atoms with Crippen molar-refractivity contribution in [2.45, 2.75) is 57.5 Å². The minimum Gasteiger partial charge on any atom is -0.493 e. The SMILES string of the molecule is COc1ccc(CN(CCc2c[nH]c3ccccc23)C(=O)CN(C(=O)C2CCCC2)C2CC2)cc1OC. The number of hydrogen-bond donors (Lipinski definition) is 1. The summed E-state index contributed by atoms with van der Waals surface area (Å²) in [5.74, 6) is 1.55. The predicted molar refractivity (Wildman–Crippen MR) is 144 cm³/mol. The summed E-state index contributed by atoms with van der Waals surface area (Å²) in [5, 5.41) is 1.18. The van der Waals surface area contributed by atoms with Crippen LogP contribution in [0.25, 0.3) is 10.9 Å². The molecule has 5 rings (SSSR count). The van der Waals surface area contributed by atoms with Gasteiger partial charge in [0.2, 0.25) is 11.8 Å². The van der Waals surface area contributed by atoms with E-state index in [9.17, 15) is 9.59 Å². The summed E-state index contributed by atoms with van der Waals surface area (Å²) < 4.78 is 10.9. The molecule has 2 saturated carbocycles. The maximum atomic E-state index is 13.8. The topological polar surface area (TPSA) is 74.9 Å². The normalized spacial score (nSPS) is 15.6. The summed E-state index contributed by atoms with van der Waals surface area (Å²) in [6.07, 6.45) is 8.87. The molecule has 0 bridgehead atoms. The molecular weight excluding hydrogens is 466 g/mol. The average Bonchev–Trinajstić information content (AvgIpc) is 3.45. The largest absolute Gasteiger partial charge is 0.493 e. The molecule has 7 heteroatoms. The molecule has 0 radical (unpaired) electrons. The highest BCUT2D eigenvalue weighted by Gasteiger charge is 2.38. The maximum absolute atomic E-state index is 13.8. The third kappa shape index (κ3) is 5.76. The van der Waals surface area contributed by atoms with Crippen LogP contribution in [-0.2, 0) is 22.6 Å². The molecule has 0 saturated heterocycles. The van der Waals surface area contributed by atoms with Gasteiger partial charge in [-0.25, -0.2) is 0 Å². The zero-order chi connectivity index (χ0) is 25.8. The number of aromatic nitrogens is 1. The van der Waals surface area contributed by atoms with Gasteiger partial charge in [0.15, 0.2) is 11.5 Å². The van der Waals surface area contributed by atoms with Gasteiger partial charge in [0, 0.05) is 42.1 Å². The molecule has 2 aliphatic carbocycles. The molecule has 2 aliphatic rings. The number of ether oxygens (including phenoxy) is 2. The molecule has 0 spiro atoms. The lowest BCUT2D eigenvalue weighted by Crippen LogP contribution is -2.46. The minimum atomic E-state index is -0.00660. The summed E-state index contributed by atoms with van der Waals surface area (Å²) in [6, 6.07) is 14.2. The van der Waals surface area contributed by atoms with Crippen LogP contribution in [0.4, 0.5) is 0 Å². The Labute approximate surface area is 218 Å². The highest BCUT2D eigenvalue weighted by molar-refractivity contribution is 5.87. The van der Waals surface area contributed by atoms with Crippen molar-refractivity contribution >= 4 is 22.7 Å². The summed E-state index contributed by atoms with van der Waals surface area (Å²) in [4.78, 5) is 34.2. The number of benzene rings is 2. The predicted octanol–water partition coefficient (Wildman–Crippen LogP) is 4.94. The number of nitrogens with one attached hydrogen (secondary N) is 1. The first-order valence-electron chi connectivity index (χ1n) is 13.4. The van der Waals surface area contributed by atoms with Crippen molar-refractivity contribution in [3.05, 3.63) is 59.8 Å². The van der Waals surface area contributed by atoms with E-state index in [0.717, 1.165) is 56.0 Å². The van der Waals surface area contributed by atoms with E-state index < -0.39 is 0 Å². The lowest BCUT2D eigenvalue weighted by Gasteiger charge is -2.29. The van der Waals surface area contributed by atoms with Gasteiger partial charge in [-0.3, -0.25) is 9.59 Å². The molecule has 196 valence electrons.